The summed E-state index contributed by atoms with van der Waals surface area (Å²) in [7, 11) is 0. The lowest BCUT2D eigenvalue weighted by Crippen LogP contribution is -2.46. The maximum atomic E-state index is 14.1. The highest BCUT2D eigenvalue weighted by molar-refractivity contribution is 5.74. The van der Waals surface area contributed by atoms with Gasteiger partial charge in [-0.15, -0.1) is 0 Å². The van der Waals surface area contributed by atoms with Crippen LogP contribution in [-0.2, 0) is 6.54 Å². The second kappa shape index (κ2) is 7.00. The molecule has 7 heteroatoms. The number of H-pyrrole nitrogens is 1. The molecule has 1 fully saturated rings. The molecular weight excluding hydrogens is 345 g/mol. The molecule has 1 aliphatic heterocycles. The number of nitrogens with zero attached hydrogens (tertiary/aromatic N) is 3. The van der Waals surface area contributed by atoms with Crippen molar-refractivity contribution < 1.29 is 4.39 Å². The van der Waals surface area contributed by atoms with Crippen LogP contribution in [0.5, 0.6) is 0 Å². The van der Waals surface area contributed by atoms with E-state index in [4.69, 9.17) is 5.73 Å². The maximum absolute atomic E-state index is 14.1. The van der Waals surface area contributed by atoms with Crippen LogP contribution >= 0.6 is 0 Å². The Morgan fingerprint density at radius 3 is 2.70 bits per heavy atom. The van der Waals surface area contributed by atoms with Crippen molar-refractivity contribution in [2.75, 3.05) is 36.8 Å². The van der Waals surface area contributed by atoms with Crippen molar-refractivity contribution >= 4 is 22.4 Å². The Morgan fingerprint density at radius 2 is 1.96 bits per heavy atom. The van der Waals surface area contributed by atoms with E-state index in [1.54, 1.807) is 25.1 Å². The number of fused-ring (bicyclic) bond motifs is 1. The Bertz CT molecular complexity index is 1040. The van der Waals surface area contributed by atoms with Crippen molar-refractivity contribution in [1.29, 1.82) is 0 Å². The number of piperazine rings is 1. The first-order valence-corrected chi connectivity index (χ1v) is 9.00. The highest BCUT2D eigenvalue weighted by atomic mass is 19.1. The van der Waals surface area contributed by atoms with E-state index >= 15 is 0 Å². The minimum atomic E-state index is -0.276. The average Bonchev–Trinajstić information content (AvgIpc) is 2.64. The van der Waals surface area contributed by atoms with Gasteiger partial charge in [0.25, 0.3) is 5.56 Å². The second-order valence-electron chi connectivity index (χ2n) is 7.03. The van der Waals surface area contributed by atoms with Gasteiger partial charge in [0, 0.05) is 50.2 Å². The molecule has 2 aromatic heterocycles. The Morgan fingerprint density at radius 1 is 1.19 bits per heavy atom. The summed E-state index contributed by atoms with van der Waals surface area (Å²) in [5.41, 5.74) is 9.84. The zero-order chi connectivity index (χ0) is 19.0. The number of nitrogens with one attached hydrogen (secondary N) is 1. The third-order valence-corrected chi connectivity index (χ3v) is 5.03. The molecule has 6 nitrogen and oxygen atoms in total. The van der Waals surface area contributed by atoms with Gasteiger partial charge in [-0.1, -0.05) is 0 Å². The number of nitrogens with two attached hydrogens (primary N) is 1. The van der Waals surface area contributed by atoms with Crippen molar-refractivity contribution in [1.82, 2.24) is 14.9 Å². The standard InChI is InChI=1S/C20H22FN5O/c1-13-8-17-18(24-20(13)27)9-14(11-23-17)12-25-4-6-26(7-5-25)19-3-2-15(22)10-16(19)21/h2-3,8-11H,4-7,12,22H2,1H3,(H,24,27). The lowest BCUT2D eigenvalue weighted by molar-refractivity contribution is 0.249. The molecule has 0 aliphatic carbocycles. The lowest BCUT2D eigenvalue weighted by Gasteiger charge is -2.36. The summed E-state index contributed by atoms with van der Waals surface area (Å²) in [6, 6.07) is 8.62. The molecule has 0 radical (unpaired) electrons. The van der Waals surface area contributed by atoms with E-state index in [1.807, 2.05) is 17.2 Å². The zero-order valence-corrected chi connectivity index (χ0v) is 15.2. The minimum Gasteiger partial charge on any atom is -0.399 e. The Balaban J connectivity index is 1.44. The molecule has 0 unspecified atom stereocenters. The molecule has 0 spiro atoms. The maximum Gasteiger partial charge on any atom is 0.251 e. The van der Waals surface area contributed by atoms with E-state index in [0.29, 0.717) is 16.9 Å². The van der Waals surface area contributed by atoms with Crippen LogP contribution in [0.1, 0.15) is 11.1 Å². The molecule has 1 saturated heterocycles. The molecule has 0 atom stereocenters. The predicted octanol–water partition coefficient (Wildman–Crippen LogP) is 2.28. The van der Waals surface area contributed by atoms with E-state index in [-0.39, 0.29) is 11.4 Å². The van der Waals surface area contributed by atoms with Crippen molar-refractivity contribution in [3.8, 4) is 0 Å². The fourth-order valence-corrected chi connectivity index (χ4v) is 3.50. The number of halogens is 1. The quantitative estimate of drug-likeness (QED) is 0.695. The number of aromatic amines is 1. The number of aromatic nitrogens is 2. The summed E-state index contributed by atoms with van der Waals surface area (Å²) < 4.78 is 14.1. The molecule has 1 aromatic carbocycles. The highest BCUT2D eigenvalue weighted by Crippen LogP contribution is 2.23. The van der Waals surface area contributed by atoms with Crippen LogP contribution in [0.4, 0.5) is 15.8 Å². The molecule has 0 bridgehead atoms. The van der Waals surface area contributed by atoms with Gasteiger partial charge in [0.2, 0.25) is 0 Å². The van der Waals surface area contributed by atoms with Crippen LogP contribution in [0.3, 0.4) is 0 Å². The topological polar surface area (TPSA) is 78.2 Å². The fourth-order valence-electron chi connectivity index (χ4n) is 3.50. The third kappa shape index (κ3) is 3.64. The van der Waals surface area contributed by atoms with Gasteiger partial charge in [0.15, 0.2) is 0 Å². The van der Waals surface area contributed by atoms with Crippen LogP contribution in [-0.4, -0.2) is 41.0 Å². The summed E-state index contributed by atoms with van der Waals surface area (Å²) in [6.45, 7) is 5.67. The molecule has 3 N–H and O–H groups in total. The van der Waals surface area contributed by atoms with E-state index in [1.165, 1.54) is 6.07 Å². The summed E-state index contributed by atoms with van der Waals surface area (Å²) in [5, 5.41) is 0. The van der Waals surface area contributed by atoms with Gasteiger partial charge in [0.05, 0.1) is 16.7 Å². The fraction of sp³-hybridized carbons (Fsp3) is 0.300. The lowest BCUT2D eigenvalue weighted by atomic mass is 10.2. The van der Waals surface area contributed by atoms with E-state index in [2.05, 4.69) is 14.9 Å². The SMILES string of the molecule is Cc1cc2ncc(CN3CCN(c4ccc(N)cc4F)CC3)cc2[nH]c1=O. The van der Waals surface area contributed by atoms with Gasteiger partial charge in [0.1, 0.15) is 5.82 Å². The van der Waals surface area contributed by atoms with Crippen molar-refractivity contribution in [3.63, 3.8) is 0 Å². The van der Waals surface area contributed by atoms with E-state index < -0.39 is 0 Å². The highest BCUT2D eigenvalue weighted by Gasteiger charge is 2.20. The minimum absolute atomic E-state index is 0.0828. The summed E-state index contributed by atoms with van der Waals surface area (Å²) in [4.78, 5) is 23.5. The van der Waals surface area contributed by atoms with Gasteiger partial charge in [-0.05, 0) is 42.8 Å². The van der Waals surface area contributed by atoms with Gasteiger partial charge >= 0.3 is 0 Å². The molecule has 140 valence electrons. The summed E-state index contributed by atoms with van der Waals surface area (Å²) in [5.74, 6) is -0.276. The van der Waals surface area contributed by atoms with Crippen LogP contribution in [0, 0.1) is 12.7 Å². The van der Waals surface area contributed by atoms with Crippen LogP contribution in [0.25, 0.3) is 11.0 Å². The molecule has 3 heterocycles. The number of benzene rings is 1. The van der Waals surface area contributed by atoms with Crippen molar-refractivity contribution in [3.05, 3.63) is 63.8 Å². The zero-order valence-electron chi connectivity index (χ0n) is 15.2. The number of pyridine rings is 2. The number of nitrogen functional groups attached to an aromatic ring is 1. The Kier molecular flexibility index (Phi) is 4.53. The average molecular weight is 367 g/mol. The third-order valence-electron chi connectivity index (χ3n) is 5.03. The predicted molar refractivity (Wildman–Crippen MR) is 105 cm³/mol. The Labute approximate surface area is 156 Å². The molecule has 1 aliphatic rings. The van der Waals surface area contributed by atoms with Crippen LogP contribution in [0.15, 0.2) is 41.3 Å². The first kappa shape index (κ1) is 17.5. The van der Waals surface area contributed by atoms with Gasteiger partial charge in [-0.2, -0.15) is 0 Å². The summed E-state index contributed by atoms with van der Waals surface area (Å²) in [6.07, 6.45) is 1.85. The smallest absolute Gasteiger partial charge is 0.251 e. The summed E-state index contributed by atoms with van der Waals surface area (Å²) >= 11 is 0. The van der Waals surface area contributed by atoms with E-state index in [0.717, 1.165) is 49.3 Å². The van der Waals surface area contributed by atoms with Crippen LogP contribution < -0.4 is 16.2 Å². The van der Waals surface area contributed by atoms with Gasteiger partial charge < -0.3 is 15.6 Å². The monoisotopic (exact) mass is 367 g/mol. The van der Waals surface area contributed by atoms with Crippen molar-refractivity contribution in [2.24, 2.45) is 0 Å². The molecular formula is C20H22FN5O. The number of hydrogen-bond acceptors (Lipinski definition) is 5. The molecule has 4 rings (SSSR count). The van der Waals surface area contributed by atoms with Gasteiger partial charge in [-0.25, -0.2) is 4.39 Å². The number of anilines is 2. The molecule has 27 heavy (non-hydrogen) atoms. The number of hydrogen-bond donors (Lipinski definition) is 2. The van der Waals surface area contributed by atoms with Gasteiger partial charge in [-0.3, -0.25) is 14.7 Å². The first-order chi connectivity index (χ1) is 13.0. The number of rotatable bonds is 3. The van der Waals surface area contributed by atoms with Crippen molar-refractivity contribution in [2.45, 2.75) is 13.5 Å². The molecule has 3 aromatic rings. The Hall–Kier alpha value is -2.93. The van der Waals surface area contributed by atoms with E-state index in [9.17, 15) is 9.18 Å². The first-order valence-electron chi connectivity index (χ1n) is 9.00. The normalized spacial score (nSPS) is 15.4. The molecule has 0 saturated carbocycles. The van der Waals surface area contributed by atoms with Crippen LogP contribution in [0.2, 0.25) is 0 Å². The second-order valence-corrected chi connectivity index (χ2v) is 7.03. The molecule has 0 amide bonds. The largest absolute Gasteiger partial charge is 0.399 e. The number of aryl methyl sites for hydroxylation is 1.